The first-order chi connectivity index (χ1) is 8.39. The van der Waals surface area contributed by atoms with E-state index in [4.69, 9.17) is 5.73 Å². The first-order valence-electron chi connectivity index (χ1n) is 6.95. The number of nitrogens with one attached hydrogen (secondary N) is 1. The zero-order chi connectivity index (χ0) is 13.6. The molecule has 0 amide bonds. The molecular weight excluding hydrogens is 220 g/mol. The normalized spacial score (nSPS) is 13.6. The quantitative estimate of drug-likeness (QED) is 0.760. The Labute approximate surface area is 112 Å². The Morgan fingerprint density at radius 1 is 1.11 bits per heavy atom. The molecule has 1 aromatic carbocycles. The van der Waals surface area contributed by atoms with Crippen molar-refractivity contribution in [3.05, 3.63) is 35.4 Å². The number of nitrogens with two attached hydrogens (primary N) is 1. The number of hydrogen-bond acceptors (Lipinski definition) is 2. The van der Waals surface area contributed by atoms with Crippen molar-refractivity contribution in [2.75, 3.05) is 13.1 Å². The van der Waals surface area contributed by atoms with Crippen LogP contribution in [0.25, 0.3) is 0 Å². The summed E-state index contributed by atoms with van der Waals surface area (Å²) in [7, 11) is 0. The second-order valence-electron chi connectivity index (χ2n) is 6.21. The van der Waals surface area contributed by atoms with Gasteiger partial charge in [-0.2, -0.15) is 0 Å². The van der Waals surface area contributed by atoms with Gasteiger partial charge < -0.3 is 11.1 Å². The summed E-state index contributed by atoms with van der Waals surface area (Å²) in [4.78, 5) is 0. The molecule has 1 rings (SSSR count). The second kappa shape index (κ2) is 6.91. The van der Waals surface area contributed by atoms with E-state index in [2.05, 4.69) is 50.4 Å². The van der Waals surface area contributed by atoms with Crippen molar-refractivity contribution in [3.8, 4) is 0 Å². The predicted octanol–water partition coefficient (Wildman–Crippen LogP) is 2.85. The zero-order valence-corrected chi connectivity index (χ0v) is 12.3. The average molecular weight is 248 g/mol. The van der Waals surface area contributed by atoms with Crippen molar-refractivity contribution >= 4 is 0 Å². The maximum Gasteiger partial charge on any atom is 0.00225 e. The standard InChI is InChI=1S/C16H28N2/c1-13(17)9-11-18-12-10-14-5-7-15(8-6-14)16(2,3)4/h5-8,13,18H,9-12,17H2,1-4H3. The van der Waals surface area contributed by atoms with E-state index in [0.29, 0.717) is 6.04 Å². The molecule has 0 fully saturated rings. The highest BCUT2D eigenvalue weighted by Gasteiger charge is 2.12. The maximum absolute atomic E-state index is 5.70. The van der Waals surface area contributed by atoms with Gasteiger partial charge >= 0.3 is 0 Å². The summed E-state index contributed by atoms with van der Waals surface area (Å²) in [5.74, 6) is 0. The van der Waals surface area contributed by atoms with Gasteiger partial charge in [0, 0.05) is 6.04 Å². The highest BCUT2D eigenvalue weighted by Crippen LogP contribution is 2.22. The fourth-order valence-corrected chi connectivity index (χ4v) is 1.86. The van der Waals surface area contributed by atoms with E-state index in [1.165, 1.54) is 11.1 Å². The summed E-state index contributed by atoms with van der Waals surface area (Å²) in [6.07, 6.45) is 2.13. The topological polar surface area (TPSA) is 38.0 Å². The first-order valence-corrected chi connectivity index (χ1v) is 6.95. The molecule has 0 aliphatic heterocycles. The van der Waals surface area contributed by atoms with E-state index >= 15 is 0 Å². The summed E-state index contributed by atoms with van der Waals surface area (Å²) < 4.78 is 0. The van der Waals surface area contributed by atoms with Crippen LogP contribution in [0.1, 0.15) is 45.2 Å². The van der Waals surface area contributed by atoms with Crippen LogP contribution >= 0.6 is 0 Å². The van der Waals surface area contributed by atoms with Crippen LogP contribution in [0.2, 0.25) is 0 Å². The summed E-state index contributed by atoms with van der Waals surface area (Å²) in [6.45, 7) is 10.8. The largest absolute Gasteiger partial charge is 0.328 e. The minimum Gasteiger partial charge on any atom is -0.328 e. The lowest BCUT2D eigenvalue weighted by Crippen LogP contribution is -2.25. The highest BCUT2D eigenvalue weighted by molar-refractivity contribution is 5.27. The van der Waals surface area contributed by atoms with Crippen molar-refractivity contribution < 1.29 is 0 Å². The molecule has 0 saturated carbocycles. The summed E-state index contributed by atoms with van der Waals surface area (Å²) in [5.41, 5.74) is 8.75. The van der Waals surface area contributed by atoms with Gasteiger partial charge in [-0.25, -0.2) is 0 Å². The molecule has 0 radical (unpaired) electrons. The fourth-order valence-electron chi connectivity index (χ4n) is 1.86. The molecule has 0 aliphatic carbocycles. The van der Waals surface area contributed by atoms with Crippen LogP contribution in [-0.4, -0.2) is 19.1 Å². The highest BCUT2D eigenvalue weighted by atomic mass is 14.8. The average Bonchev–Trinajstić information content (AvgIpc) is 2.27. The smallest absolute Gasteiger partial charge is 0.00225 e. The Morgan fingerprint density at radius 2 is 1.72 bits per heavy atom. The van der Waals surface area contributed by atoms with Crippen molar-refractivity contribution in [2.24, 2.45) is 5.73 Å². The summed E-state index contributed by atoms with van der Waals surface area (Å²) in [5, 5.41) is 3.43. The van der Waals surface area contributed by atoms with Crippen LogP contribution in [0.5, 0.6) is 0 Å². The van der Waals surface area contributed by atoms with Crippen molar-refractivity contribution in [1.29, 1.82) is 0 Å². The molecule has 0 aliphatic rings. The molecule has 0 aromatic heterocycles. The van der Waals surface area contributed by atoms with Crippen LogP contribution in [0.4, 0.5) is 0 Å². The van der Waals surface area contributed by atoms with Gasteiger partial charge in [-0.15, -0.1) is 0 Å². The molecule has 0 heterocycles. The van der Waals surface area contributed by atoms with E-state index in [1.54, 1.807) is 0 Å². The zero-order valence-electron chi connectivity index (χ0n) is 12.3. The predicted molar refractivity (Wildman–Crippen MR) is 80.0 cm³/mol. The van der Waals surface area contributed by atoms with E-state index in [0.717, 1.165) is 25.9 Å². The second-order valence-corrected chi connectivity index (χ2v) is 6.21. The Morgan fingerprint density at radius 3 is 2.22 bits per heavy atom. The Kier molecular flexibility index (Phi) is 5.83. The molecule has 102 valence electrons. The van der Waals surface area contributed by atoms with E-state index < -0.39 is 0 Å². The lowest BCUT2D eigenvalue weighted by atomic mass is 9.86. The molecule has 3 N–H and O–H groups in total. The van der Waals surface area contributed by atoms with Crippen LogP contribution < -0.4 is 11.1 Å². The monoisotopic (exact) mass is 248 g/mol. The lowest BCUT2D eigenvalue weighted by Gasteiger charge is -2.19. The summed E-state index contributed by atoms with van der Waals surface area (Å²) in [6, 6.07) is 9.28. The van der Waals surface area contributed by atoms with E-state index in [9.17, 15) is 0 Å². The SMILES string of the molecule is CC(N)CCNCCc1ccc(C(C)(C)C)cc1. The van der Waals surface area contributed by atoms with E-state index in [-0.39, 0.29) is 5.41 Å². The molecule has 0 spiro atoms. The fraction of sp³-hybridized carbons (Fsp3) is 0.625. The Bertz CT molecular complexity index is 333. The molecular formula is C16H28N2. The Balaban J connectivity index is 2.31. The van der Waals surface area contributed by atoms with Gasteiger partial charge in [0.05, 0.1) is 0 Å². The lowest BCUT2D eigenvalue weighted by molar-refractivity contribution is 0.586. The summed E-state index contributed by atoms with van der Waals surface area (Å²) >= 11 is 0. The van der Waals surface area contributed by atoms with Crippen LogP contribution in [0.3, 0.4) is 0 Å². The first kappa shape index (κ1) is 15.2. The molecule has 1 aromatic rings. The van der Waals surface area contributed by atoms with Gasteiger partial charge in [0.25, 0.3) is 0 Å². The third-order valence-electron chi connectivity index (χ3n) is 3.19. The van der Waals surface area contributed by atoms with Gasteiger partial charge in [-0.05, 0) is 49.4 Å². The van der Waals surface area contributed by atoms with Gasteiger partial charge in [-0.1, -0.05) is 45.0 Å². The molecule has 2 nitrogen and oxygen atoms in total. The number of rotatable bonds is 6. The molecule has 2 heteroatoms. The minimum atomic E-state index is 0.244. The van der Waals surface area contributed by atoms with Crippen molar-refractivity contribution in [1.82, 2.24) is 5.32 Å². The van der Waals surface area contributed by atoms with E-state index in [1.807, 2.05) is 6.92 Å². The van der Waals surface area contributed by atoms with Gasteiger partial charge in [0.15, 0.2) is 0 Å². The van der Waals surface area contributed by atoms with Crippen molar-refractivity contribution in [3.63, 3.8) is 0 Å². The molecule has 0 bridgehead atoms. The minimum absolute atomic E-state index is 0.244. The number of benzene rings is 1. The maximum atomic E-state index is 5.70. The Hall–Kier alpha value is -0.860. The van der Waals surface area contributed by atoms with Crippen LogP contribution in [0.15, 0.2) is 24.3 Å². The number of hydrogen-bond donors (Lipinski definition) is 2. The third kappa shape index (κ3) is 5.65. The van der Waals surface area contributed by atoms with Crippen LogP contribution in [-0.2, 0) is 11.8 Å². The van der Waals surface area contributed by atoms with Gasteiger partial charge in [0.1, 0.15) is 0 Å². The molecule has 1 atom stereocenters. The van der Waals surface area contributed by atoms with Gasteiger partial charge in [-0.3, -0.25) is 0 Å². The van der Waals surface area contributed by atoms with Crippen molar-refractivity contribution in [2.45, 2.75) is 52.0 Å². The third-order valence-corrected chi connectivity index (χ3v) is 3.19. The molecule has 0 saturated heterocycles. The molecule has 18 heavy (non-hydrogen) atoms. The molecule has 1 unspecified atom stereocenters. The van der Waals surface area contributed by atoms with Crippen LogP contribution in [0, 0.1) is 0 Å². The van der Waals surface area contributed by atoms with Gasteiger partial charge in [0.2, 0.25) is 0 Å².